The Bertz CT molecular complexity index is 357. The molecule has 0 aliphatic heterocycles. The molecule has 0 bridgehead atoms. The van der Waals surface area contributed by atoms with Gasteiger partial charge >= 0.3 is 0 Å². The van der Waals surface area contributed by atoms with Gasteiger partial charge in [0.25, 0.3) is 0 Å². The minimum Gasteiger partial charge on any atom is -0.349 e. The number of aromatic nitrogens is 2. The van der Waals surface area contributed by atoms with E-state index < -0.39 is 0 Å². The van der Waals surface area contributed by atoms with Gasteiger partial charge in [0, 0.05) is 33.3 Å². The van der Waals surface area contributed by atoms with Crippen molar-refractivity contribution in [3.8, 4) is 0 Å². The van der Waals surface area contributed by atoms with Gasteiger partial charge in [-0.3, -0.25) is 9.48 Å². The van der Waals surface area contributed by atoms with Crippen molar-refractivity contribution >= 4 is 5.91 Å². The van der Waals surface area contributed by atoms with Gasteiger partial charge in [-0.15, -0.1) is 0 Å². The first-order chi connectivity index (χ1) is 8.04. The molecule has 1 unspecified atom stereocenters. The number of carbonyl (C=O) groups excluding carboxylic acids is 1. The van der Waals surface area contributed by atoms with E-state index >= 15 is 0 Å². The highest BCUT2D eigenvalue weighted by molar-refractivity contribution is 5.75. The maximum Gasteiger partial charge on any atom is 0.223 e. The first-order valence-corrected chi connectivity index (χ1v) is 6.27. The van der Waals surface area contributed by atoms with Gasteiger partial charge in [0.15, 0.2) is 0 Å². The molecule has 0 aromatic carbocycles. The molecular weight excluding hydrogens is 214 g/mol. The average Bonchev–Trinajstić information content (AvgIpc) is 2.74. The maximum atomic E-state index is 11.4. The molecular formula is C13H23N3O. The molecule has 17 heavy (non-hydrogen) atoms. The van der Waals surface area contributed by atoms with E-state index in [-0.39, 0.29) is 5.91 Å². The highest BCUT2D eigenvalue weighted by atomic mass is 16.2. The summed E-state index contributed by atoms with van der Waals surface area (Å²) >= 11 is 0. The summed E-state index contributed by atoms with van der Waals surface area (Å²) in [4.78, 5) is 13.1. The molecule has 0 saturated carbocycles. The Balaban J connectivity index is 2.48. The summed E-state index contributed by atoms with van der Waals surface area (Å²) < 4.78 is 1.86. The molecule has 0 saturated heterocycles. The number of nitrogens with zero attached hydrogens (tertiary/aromatic N) is 3. The van der Waals surface area contributed by atoms with Crippen molar-refractivity contribution in [1.29, 1.82) is 0 Å². The fourth-order valence-electron chi connectivity index (χ4n) is 1.79. The number of hydrogen-bond donors (Lipinski definition) is 0. The van der Waals surface area contributed by atoms with Crippen LogP contribution in [0.2, 0.25) is 0 Å². The predicted molar refractivity (Wildman–Crippen MR) is 68.9 cm³/mol. The first-order valence-electron chi connectivity index (χ1n) is 6.27. The van der Waals surface area contributed by atoms with Crippen LogP contribution in [0.1, 0.15) is 44.6 Å². The van der Waals surface area contributed by atoms with Crippen molar-refractivity contribution < 1.29 is 4.79 Å². The third kappa shape index (κ3) is 4.21. The van der Waals surface area contributed by atoms with Crippen LogP contribution >= 0.6 is 0 Å². The first kappa shape index (κ1) is 13.7. The molecule has 1 rings (SSSR count). The fourth-order valence-corrected chi connectivity index (χ4v) is 1.79. The molecule has 0 radical (unpaired) electrons. The summed E-state index contributed by atoms with van der Waals surface area (Å²) in [5, 5.41) is 4.30. The van der Waals surface area contributed by atoms with Gasteiger partial charge < -0.3 is 4.90 Å². The van der Waals surface area contributed by atoms with Crippen LogP contribution in [0, 0.1) is 0 Å². The average molecular weight is 237 g/mol. The van der Waals surface area contributed by atoms with Crippen molar-refractivity contribution in [1.82, 2.24) is 14.7 Å². The SMILES string of the molecule is CCCC(C)c1cnn(CCC(=O)N(C)C)c1. The zero-order valence-electron chi connectivity index (χ0n) is 11.3. The lowest BCUT2D eigenvalue weighted by atomic mass is 10.0. The van der Waals surface area contributed by atoms with Gasteiger partial charge in [0.05, 0.1) is 6.20 Å². The van der Waals surface area contributed by atoms with Gasteiger partial charge in [0.1, 0.15) is 0 Å². The minimum atomic E-state index is 0.142. The van der Waals surface area contributed by atoms with Crippen molar-refractivity contribution in [3.63, 3.8) is 0 Å². The number of amides is 1. The molecule has 1 heterocycles. The normalized spacial score (nSPS) is 12.5. The largest absolute Gasteiger partial charge is 0.349 e. The maximum absolute atomic E-state index is 11.4. The Morgan fingerprint density at radius 1 is 1.53 bits per heavy atom. The Kier molecular flexibility index (Phi) is 5.19. The topological polar surface area (TPSA) is 38.1 Å². The van der Waals surface area contributed by atoms with Gasteiger partial charge in [-0.2, -0.15) is 5.10 Å². The Morgan fingerprint density at radius 2 is 2.24 bits per heavy atom. The van der Waals surface area contributed by atoms with E-state index in [2.05, 4.69) is 25.1 Å². The lowest BCUT2D eigenvalue weighted by molar-refractivity contribution is -0.128. The molecule has 0 aliphatic carbocycles. The standard InChI is InChI=1S/C13H23N3O/c1-5-6-11(2)12-9-14-16(10-12)8-7-13(17)15(3)4/h9-11H,5-8H2,1-4H3. The molecule has 0 spiro atoms. The second kappa shape index (κ2) is 6.42. The summed E-state index contributed by atoms with van der Waals surface area (Å²) in [7, 11) is 3.56. The van der Waals surface area contributed by atoms with Crippen molar-refractivity contribution in [2.24, 2.45) is 0 Å². The summed E-state index contributed by atoms with van der Waals surface area (Å²) in [5.41, 5.74) is 1.27. The van der Waals surface area contributed by atoms with E-state index in [4.69, 9.17) is 0 Å². The van der Waals surface area contributed by atoms with E-state index in [0.29, 0.717) is 18.9 Å². The lowest BCUT2D eigenvalue weighted by Crippen LogP contribution is -2.22. The Morgan fingerprint density at radius 3 is 2.82 bits per heavy atom. The summed E-state index contributed by atoms with van der Waals surface area (Å²) in [5.74, 6) is 0.696. The molecule has 1 aromatic heterocycles. The molecule has 1 amide bonds. The van der Waals surface area contributed by atoms with Gasteiger partial charge in [-0.25, -0.2) is 0 Å². The van der Waals surface area contributed by atoms with E-state index in [9.17, 15) is 4.79 Å². The number of carbonyl (C=O) groups is 1. The molecule has 0 N–H and O–H groups in total. The van der Waals surface area contributed by atoms with Crippen LogP contribution in [0.15, 0.2) is 12.4 Å². The third-order valence-corrected chi connectivity index (χ3v) is 3.00. The van der Waals surface area contributed by atoms with Gasteiger partial charge in [-0.1, -0.05) is 20.3 Å². The zero-order chi connectivity index (χ0) is 12.8. The van der Waals surface area contributed by atoms with Crippen LogP contribution in [-0.2, 0) is 11.3 Å². The second-order valence-corrected chi connectivity index (χ2v) is 4.76. The number of hydrogen-bond acceptors (Lipinski definition) is 2. The molecule has 4 heteroatoms. The van der Waals surface area contributed by atoms with Crippen LogP contribution in [0.3, 0.4) is 0 Å². The number of aryl methyl sites for hydroxylation is 1. The summed E-state index contributed by atoms with van der Waals surface area (Å²) in [6.07, 6.45) is 6.85. The second-order valence-electron chi connectivity index (χ2n) is 4.76. The van der Waals surface area contributed by atoms with Crippen LogP contribution in [-0.4, -0.2) is 34.7 Å². The third-order valence-electron chi connectivity index (χ3n) is 3.00. The smallest absolute Gasteiger partial charge is 0.223 e. The Hall–Kier alpha value is -1.32. The minimum absolute atomic E-state index is 0.142. The predicted octanol–water partition coefficient (Wildman–Crippen LogP) is 2.27. The van der Waals surface area contributed by atoms with E-state index in [1.807, 2.05) is 10.9 Å². The quantitative estimate of drug-likeness (QED) is 0.761. The van der Waals surface area contributed by atoms with Crippen molar-refractivity contribution in [2.75, 3.05) is 14.1 Å². The van der Waals surface area contributed by atoms with E-state index in [1.54, 1.807) is 19.0 Å². The Labute approximate surface area is 104 Å². The summed E-state index contributed by atoms with van der Waals surface area (Å²) in [6, 6.07) is 0. The number of rotatable bonds is 6. The highest BCUT2D eigenvalue weighted by Gasteiger charge is 2.08. The van der Waals surface area contributed by atoms with Crippen LogP contribution in [0.4, 0.5) is 0 Å². The molecule has 1 atom stereocenters. The van der Waals surface area contributed by atoms with Crippen LogP contribution in [0.5, 0.6) is 0 Å². The van der Waals surface area contributed by atoms with Crippen molar-refractivity contribution in [2.45, 2.75) is 45.6 Å². The van der Waals surface area contributed by atoms with E-state index in [1.165, 1.54) is 18.4 Å². The molecule has 0 fully saturated rings. The highest BCUT2D eigenvalue weighted by Crippen LogP contribution is 2.19. The van der Waals surface area contributed by atoms with Crippen LogP contribution < -0.4 is 0 Å². The van der Waals surface area contributed by atoms with Gasteiger partial charge in [0.2, 0.25) is 5.91 Å². The van der Waals surface area contributed by atoms with Crippen molar-refractivity contribution in [3.05, 3.63) is 18.0 Å². The molecule has 1 aromatic rings. The van der Waals surface area contributed by atoms with Gasteiger partial charge in [-0.05, 0) is 17.9 Å². The lowest BCUT2D eigenvalue weighted by Gasteiger charge is -2.09. The fraction of sp³-hybridized carbons (Fsp3) is 0.692. The monoisotopic (exact) mass is 237 g/mol. The summed E-state index contributed by atoms with van der Waals surface area (Å²) in [6.45, 7) is 5.07. The van der Waals surface area contributed by atoms with Crippen LogP contribution in [0.25, 0.3) is 0 Å². The zero-order valence-corrected chi connectivity index (χ0v) is 11.3. The van der Waals surface area contributed by atoms with E-state index in [0.717, 1.165) is 0 Å². The molecule has 4 nitrogen and oxygen atoms in total. The molecule has 0 aliphatic rings. The molecule has 96 valence electrons.